The highest BCUT2D eigenvalue weighted by molar-refractivity contribution is 9.09. The fourth-order valence-corrected chi connectivity index (χ4v) is 0.867. The largest absolute Gasteiger partial charge is 0.356 e. The molecule has 1 N–H and O–H groups in total. The Labute approximate surface area is 74.7 Å². The summed E-state index contributed by atoms with van der Waals surface area (Å²) in [6.07, 6.45) is 2.57. The molecule has 0 fully saturated rings. The molecule has 0 saturated heterocycles. The van der Waals surface area contributed by atoms with E-state index < -0.39 is 0 Å². The van der Waals surface area contributed by atoms with Gasteiger partial charge in [-0.15, -0.1) is 0 Å². The number of amides is 1. The van der Waals surface area contributed by atoms with E-state index >= 15 is 0 Å². The Morgan fingerprint density at radius 2 is 2.27 bits per heavy atom. The van der Waals surface area contributed by atoms with Gasteiger partial charge >= 0.3 is 0 Å². The smallest absolute Gasteiger partial charge is 0.220 e. The first-order valence-corrected chi connectivity index (χ1v) is 4.69. The number of nitrogens with one attached hydrogen (secondary N) is 1. The second-order valence-electron chi connectivity index (χ2n) is 2.10. The molecular formula is C7H12BrNO2. The zero-order valence-corrected chi connectivity index (χ0v) is 7.89. The Morgan fingerprint density at radius 3 is 2.82 bits per heavy atom. The van der Waals surface area contributed by atoms with Crippen molar-refractivity contribution in [3.63, 3.8) is 0 Å². The number of carbonyl (C=O) groups excluding carboxylic acids is 2. The first kappa shape index (κ1) is 10.6. The van der Waals surface area contributed by atoms with Crippen LogP contribution in [0.15, 0.2) is 0 Å². The molecule has 0 atom stereocenters. The van der Waals surface area contributed by atoms with E-state index in [0.717, 1.165) is 18.0 Å². The number of carbonyl (C=O) groups is 2. The second-order valence-corrected chi connectivity index (χ2v) is 2.89. The fourth-order valence-electron chi connectivity index (χ4n) is 0.586. The third-order valence-corrected chi connectivity index (χ3v) is 1.68. The van der Waals surface area contributed by atoms with Gasteiger partial charge in [-0.2, -0.15) is 0 Å². The molecule has 0 saturated carbocycles. The molecule has 0 aliphatic rings. The van der Waals surface area contributed by atoms with Crippen molar-refractivity contribution in [2.75, 3.05) is 11.9 Å². The summed E-state index contributed by atoms with van der Waals surface area (Å²) in [5.41, 5.74) is 0. The average molecular weight is 222 g/mol. The number of alkyl halides is 1. The summed E-state index contributed by atoms with van der Waals surface area (Å²) < 4.78 is 0. The van der Waals surface area contributed by atoms with Crippen LogP contribution in [0.25, 0.3) is 0 Å². The van der Waals surface area contributed by atoms with Crippen molar-refractivity contribution in [1.82, 2.24) is 5.32 Å². The highest BCUT2D eigenvalue weighted by atomic mass is 79.9. The van der Waals surface area contributed by atoms with Gasteiger partial charge in [0.25, 0.3) is 0 Å². The van der Waals surface area contributed by atoms with E-state index in [9.17, 15) is 9.59 Å². The molecule has 0 aliphatic carbocycles. The first-order valence-electron chi connectivity index (χ1n) is 3.57. The monoisotopic (exact) mass is 221 g/mol. The number of aldehydes is 1. The molecule has 0 heterocycles. The highest BCUT2D eigenvalue weighted by Gasteiger charge is 1.97. The van der Waals surface area contributed by atoms with Crippen molar-refractivity contribution < 1.29 is 9.59 Å². The van der Waals surface area contributed by atoms with Gasteiger partial charge in [0.15, 0.2) is 0 Å². The maximum absolute atomic E-state index is 10.8. The van der Waals surface area contributed by atoms with Crippen molar-refractivity contribution in [2.24, 2.45) is 0 Å². The molecule has 0 aromatic rings. The van der Waals surface area contributed by atoms with E-state index in [2.05, 4.69) is 21.2 Å². The van der Waals surface area contributed by atoms with Crippen LogP contribution in [0, 0.1) is 0 Å². The van der Waals surface area contributed by atoms with Crippen LogP contribution < -0.4 is 5.32 Å². The third-order valence-electron chi connectivity index (χ3n) is 1.12. The normalized spacial score (nSPS) is 9.18. The van der Waals surface area contributed by atoms with Crippen LogP contribution in [-0.2, 0) is 9.59 Å². The lowest BCUT2D eigenvalue weighted by atomic mass is 10.3. The molecule has 0 radical (unpaired) electrons. The van der Waals surface area contributed by atoms with Crippen LogP contribution in [0.3, 0.4) is 0 Å². The maximum Gasteiger partial charge on any atom is 0.220 e. The summed E-state index contributed by atoms with van der Waals surface area (Å²) in [5.74, 6) is 0.0197. The van der Waals surface area contributed by atoms with E-state index in [1.165, 1.54) is 0 Å². The summed E-state index contributed by atoms with van der Waals surface area (Å²) in [7, 11) is 0. The summed E-state index contributed by atoms with van der Waals surface area (Å²) in [4.78, 5) is 20.7. The Morgan fingerprint density at radius 1 is 1.55 bits per heavy atom. The van der Waals surface area contributed by atoms with Crippen molar-refractivity contribution in [3.05, 3.63) is 0 Å². The van der Waals surface area contributed by atoms with Gasteiger partial charge in [0.2, 0.25) is 5.91 Å². The molecule has 1 amide bonds. The first-order chi connectivity index (χ1) is 5.31. The minimum absolute atomic E-state index is 0.0197. The molecule has 64 valence electrons. The molecule has 0 aliphatic heterocycles. The molecule has 0 spiro atoms. The summed E-state index contributed by atoms with van der Waals surface area (Å²) in [6, 6.07) is 0. The number of hydrogen-bond donors (Lipinski definition) is 1. The van der Waals surface area contributed by atoms with Crippen LogP contribution in [0.2, 0.25) is 0 Å². The van der Waals surface area contributed by atoms with Crippen molar-refractivity contribution in [1.29, 1.82) is 0 Å². The molecule has 0 bridgehead atoms. The Kier molecular flexibility index (Phi) is 7.46. The van der Waals surface area contributed by atoms with E-state index in [1.807, 2.05) is 0 Å². The van der Waals surface area contributed by atoms with Crippen molar-refractivity contribution in [2.45, 2.75) is 19.3 Å². The van der Waals surface area contributed by atoms with Gasteiger partial charge < -0.3 is 10.1 Å². The van der Waals surface area contributed by atoms with E-state index in [-0.39, 0.29) is 5.91 Å². The molecule has 11 heavy (non-hydrogen) atoms. The zero-order valence-electron chi connectivity index (χ0n) is 6.31. The molecule has 3 nitrogen and oxygen atoms in total. The van der Waals surface area contributed by atoms with Crippen LogP contribution in [0.1, 0.15) is 19.3 Å². The van der Waals surface area contributed by atoms with Gasteiger partial charge in [0.1, 0.15) is 6.29 Å². The Bertz CT molecular complexity index is 128. The minimum Gasteiger partial charge on any atom is -0.356 e. The number of halogens is 1. The molecule has 0 aromatic heterocycles. The van der Waals surface area contributed by atoms with Crippen LogP contribution in [-0.4, -0.2) is 24.1 Å². The SMILES string of the molecule is O=CCCNC(=O)CCCBr. The van der Waals surface area contributed by atoms with E-state index in [1.54, 1.807) is 0 Å². The van der Waals surface area contributed by atoms with Gasteiger partial charge in [-0.1, -0.05) is 15.9 Å². The quantitative estimate of drug-likeness (QED) is 0.411. The summed E-state index contributed by atoms with van der Waals surface area (Å²) in [6.45, 7) is 0.463. The standard InChI is InChI=1S/C7H12BrNO2/c8-4-1-3-7(11)9-5-2-6-10/h6H,1-5H2,(H,9,11). The van der Waals surface area contributed by atoms with E-state index in [4.69, 9.17) is 0 Å². The lowest BCUT2D eigenvalue weighted by Gasteiger charge is -1.99. The zero-order chi connectivity index (χ0) is 8.53. The molecule has 0 rings (SSSR count). The number of hydrogen-bond acceptors (Lipinski definition) is 2. The van der Waals surface area contributed by atoms with Crippen molar-refractivity contribution in [3.8, 4) is 0 Å². The second kappa shape index (κ2) is 7.72. The Balaban J connectivity index is 3.15. The van der Waals surface area contributed by atoms with Gasteiger partial charge in [-0.3, -0.25) is 4.79 Å². The minimum atomic E-state index is 0.0197. The predicted octanol–water partition coefficient (Wildman–Crippen LogP) is 0.867. The fraction of sp³-hybridized carbons (Fsp3) is 0.714. The lowest BCUT2D eigenvalue weighted by molar-refractivity contribution is -0.121. The predicted molar refractivity (Wildman–Crippen MR) is 46.7 cm³/mol. The molecule has 4 heteroatoms. The topological polar surface area (TPSA) is 46.2 Å². The highest BCUT2D eigenvalue weighted by Crippen LogP contribution is 1.92. The number of rotatable bonds is 6. The average Bonchev–Trinajstić information content (AvgIpc) is 2.01. The Hall–Kier alpha value is -0.380. The maximum atomic E-state index is 10.8. The van der Waals surface area contributed by atoms with Crippen LogP contribution >= 0.6 is 15.9 Å². The van der Waals surface area contributed by atoms with Gasteiger partial charge in [-0.25, -0.2) is 0 Å². The van der Waals surface area contributed by atoms with Gasteiger partial charge in [-0.05, 0) is 6.42 Å². The summed E-state index contributed by atoms with van der Waals surface area (Å²) >= 11 is 3.22. The van der Waals surface area contributed by atoms with Crippen molar-refractivity contribution >= 4 is 28.1 Å². The molecule has 0 aromatic carbocycles. The van der Waals surface area contributed by atoms with Gasteiger partial charge in [0, 0.05) is 24.7 Å². The van der Waals surface area contributed by atoms with Crippen LogP contribution in [0.4, 0.5) is 0 Å². The molecular weight excluding hydrogens is 210 g/mol. The lowest BCUT2D eigenvalue weighted by Crippen LogP contribution is -2.24. The summed E-state index contributed by atoms with van der Waals surface area (Å²) in [5, 5.41) is 3.47. The molecule has 0 unspecified atom stereocenters. The van der Waals surface area contributed by atoms with Gasteiger partial charge in [0.05, 0.1) is 0 Å². The van der Waals surface area contributed by atoms with Crippen LogP contribution in [0.5, 0.6) is 0 Å². The third kappa shape index (κ3) is 7.52. The van der Waals surface area contributed by atoms with E-state index in [0.29, 0.717) is 19.4 Å².